The maximum absolute atomic E-state index is 13.0. The second kappa shape index (κ2) is 5.96. The van der Waals surface area contributed by atoms with Gasteiger partial charge < -0.3 is 4.74 Å². The van der Waals surface area contributed by atoms with Crippen molar-refractivity contribution in [1.82, 2.24) is 0 Å². The third kappa shape index (κ3) is 3.04. The summed E-state index contributed by atoms with van der Waals surface area (Å²) in [5.74, 6) is 0.649. The van der Waals surface area contributed by atoms with E-state index in [-0.39, 0.29) is 5.82 Å². The monoisotopic (exact) mass is 334 g/mol. The summed E-state index contributed by atoms with van der Waals surface area (Å²) < 4.78 is 19.6. The molecule has 2 aromatic rings. The van der Waals surface area contributed by atoms with Gasteiger partial charge in [-0.1, -0.05) is 28.1 Å². The summed E-state index contributed by atoms with van der Waals surface area (Å²) in [5.41, 5.74) is 3.81. The highest BCUT2D eigenvalue weighted by Gasteiger charge is 2.10. The van der Waals surface area contributed by atoms with Crippen LogP contribution in [-0.4, -0.2) is 0 Å². The molecular formula is C17H16BrFO. The maximum atomic E-state index is 13.0. The predicted octanol–water partition coefficient (Wildman–Crippen LogP) is 5.05. The number of hydrogen-bond donors (Lipinski definition) is 0. The van der Waals surface area contributed by atoms with E-state index >= 15 is 0 Å². The Hall–Kier alpha value is -1.35. The smallest absolute Gasteiger partial charge is 0.124 e. The standard InChI is InChI=1S/C17H16BrFO/c18-17-10-15(19)7-5-14(17)11-20-16-8-6-12-3-1-2-4-13(12)9-16/h5-10H,1-4,11H2. The first-order valence-electron chi connectivity index (χ1n) is 6.91. The largest absolute Gasteiger partial charge is 0.489 e. The van der Waals surface area contributed by atoms with Crippen LogP contribution in [0.1, 0.15) is 29.5 Å². The van der Waals surface area contributed by atoms with Crippen LogP contribution in [0.4, 0.5) is 4.39 Å². The first-order chi connectivity index (χ1) is 9.72. The van der Waals surface area contributed by atoms with Gasteiger partial charge in [0, 0.05) is 10.0 Å². The highest BCUT2D eigenvalue weighted by molar-refractivity contribution is 9.10. The number of benzene rings is 2. The summed E-state index contributed by atoms with van der Waals surface area (Å²) in [5, 5.41) is 0. The lowest BCUT2D eigenvalue weighted by Crippen LogP contribution is -2.03. The molecule has 3 heteroatoms. The number of rotatable bonds is 3. The molecule has 20 heavy (non-hydrogen) atoms. The van der Waals surface area contributed by atoms with Gasteiger partial charge >= 0.3 is 0 Å². The van der Waals surface area contributed by atoms with Crippen LogP contribution in [0.3, 0.4) is 0 Å². The van der Waals surface area contributed by atoms with Crippen molar-refractivity contribution in [2.24, 2.45) is 0 Å². The summed E-state index contributed by atoms with van der Waals surface area (Å²) in [4.78, 5) is 0. The Bertz CT molecular complexity index is 624. The van der Waals surface area contributed by atoms with Crippen molar-refractivity contribution in [2.75, 3.05) is 0 Å². The zero-order valence-corrected chi connectivity index (χ0v) is 12.7. The molecule has 0 atom stereocenters. The van der Waals surface area contributed by atoms with Crippen LogP contribution in [0.15, 0.2) is 40.9 Å². The van der Waals surface area contributed by atoms with Crippen LogP contribution < -0.4 is 4.74 Å². The van der Waals surface area contributed by atoms with Gasteiger partial charge in [-0.2, -0.15) is 0 Å². The minimum absolute atomic E-state index is 0.241. The minimum Gasteiger partial charge on any atom is -0.489 e. The van der Waals surface area contributed by atoms with Crippen molar-refractivity contribution in [3.63, 3.8) is 0 Å². The molecule has 2 aromatic carbocycles. The van der Waals surface area contributed by atoms with Gasteiger partial charge in [0.25, 0.3) is 0 Å². The quantitative estimate of drug-likeness (QED) is 0.763. The van der Waals surface area contributed by atoms with Gasteiger partial charge in [0.05, 0.1) is 0 Å². The van der Waals surface area contributed by atoms with Crippen LogP contribution in [0.5, 0.6) is 5.75 Å². The molecule has 0 unspecified atom stereocenters. The topological polar surface area (TPSA) is 9.23 Å². The maximum Gasteiger partial charge on any atom is 0.124 e. The van der Waals surface area contributed by atoms with Crippen LogP contribution in [-0.2, 0) is 19.4 Å². The van der Waals surface area contributed by atoms with Crippen molar-refractivity contribution in [3.8, 4) is 5.75 Å². The zero-order chi connectivity index (χ0) is 13.9. The van der Waals surface area contributed by atoms with Crippen LogP contribution in [0.25, 0.3) is 0 Å². The predicted molar refractivity (Wildman–Crippen MR) is 81.5 cm³/mol. The minimum atomic E-state index is -0.241. The van der Waals surface area contributed by atoms with Gasteiger partial charge in [-0.3, -0.25) is 0 Å². The number of halogens is 2. The first-order valence-corrected chi connectivity index (χ1v) is 7.70. The van der Waals surface area contributed by atoms with E-state index in [0.29, 0.717) is 6.61 Å². The fraction of sp³-hybridized carbons (Fsp3) is 0.294. The van der Waals surface area contributed by atoms with Crippen LogP contribution in [0.2, 0.25) is 0 Å². The lowest BCUT2D eigenvalue weighted by molar-refractivity contribution is 0.304. The van der Waals surface area contributed by atoms with Crippen molar-refractivity contribution in [2.45, 2.75) is 32.3 Å². The average molecular weight is 335 g/mol. The molecule has 0 heterocycles. The fourth-order valence-electron chi connectivity index (χ4n) is 2.60. The Balaban J connectivity index is 1.72. The molecule has 0 fully saturated rings. The van der Waals surface area contributed by atoms with Crippen molar-refractivity contribution < 1.29 is 9.13 Å². The van der Waals surface area contributed by atoms with E-state index in [2.05, 4.69) is 28.1 Å². The number of ether oxygens (including phenoxy) is 1. The SMILES string of the molecule is Fc1ccc(COc2ccc3c(c2)CCCC3)c(Br)c1. The Morgan fingerprint density at radius 1 is 1.00 bits per heavy atom. The van der Waals surface area contributed by atoms with Crippen molar-refractivity contribution in [1.29, 1.82) is 0 Å². The zero-order valence-electron chi connectivity index (χ0n) is 11.2. The van der Waals surface area contributed by atoms with E-state index in [0.717, 1.165) is 22.2 Å². The van der Waals surface area contributed by atoms with Gasteiger partial charge in [-0.25, -0.2) is 4.39 Å². The molecular weight excluding hydrogens is 319 g/mol. The second-order valence-corrected chi connectivity index (χ2v) is 6.02. The Morgan fingerprint density at radius 3 is 2.60 bits per heavy atom. The third-order valence-corrected chi connectivity index (χ3v) is 4.47. The number of aryl methyl sites for hydroxylation is 2. The summed E-state index contributed by atoms with van der Waals surface area (Å²) >= 11 is 3.36. The van der Waals surface area contributed by atoms with Gasteiger partial charge in [-0.05, 0) is 61.1 Å². The number of hydrogen-bond acceptors (Lipinski definition) is 1. The van der Waals surface area contributed by atoms with E-state index in [9.17, 15) is 4.39 Å². The van der Waals surface area contributed by atoms with Crippen molar-refractivity contribution >= 4 is 15.9 Å². The van der Waals surface area contributed by atoms with E-state index in [4.69, 9.17) is 4.74 Å². The Kier molecular flexibility index (Phi) is 4.06. The molecule has 0 aliphatic heterocycles. The van der Waals surface area contributed by atoms with E-state index in [1.54, 1.807) is 6.07 Å². The third-order valence-electron chi connectivity index (χ3n) is 3.73. The van der Waals surface area contributed by atoms with Crippen LogP contribution >= 0.6 is 15.9 Å². The molecule has 0 radical (unpaired) electrons. The van der Waals surface area contributed by atoms with Crippen LogP contribution in [0, 0.1) is 5.82 Å². The van der Waals surface area contributed by atoms with Gasteiger partial charge in [0.1, 0.15) is 18.2 Å². The fourth-order valence-corrected chi connectivity index (χ4v) is 3.06. The second-order valence-electron chi connectivity index (χ2n) is 5.16. The molecule has 0 amide bonds. The Morgan fingerprint density at radius 2 is 1.80 bits per heavy atom. The molecule has 3 rings (SSSR count). The molecule has 0 aromatic heterocycles. The summed E-state index contributed by atoms with van der Waals surface area (Å²) in [6.45, 7) is 0.444. The average Bonchev–Trinajstić information content (AvgIpc) is 2.46. The summed E-state index contributed by atoms with van der Waals surface area (Å²) in [6, 6.07) is 11.0. The molecule has 1 aliphatic carbocycles. The highest BCUT2D eigenvalue weighted by Crippen LogP contribution is 2.26. The molecule has 1 nitrogen and oxygen atoms in total. The van der Waals surface area contributed by atoms with E-state index < -0.39 is 0 Å². The summed E-state index contributed by atoms with van der Waals surface area (Å²) in [7, 11) is 0. The van der Waals surface area contributed by atoms with Gasteiger partial charge in [0.15, 0.2) is 0 Å². The van der Waals surface area contributed by atoms with Gasteiger partial charge in [-0.15, -0.1) is 0 Å². The summed E-state index contributed by atoms with van der Waals surface area (Å²) in [6.07, 6.45) is 4.88. The van der Waals surface area contributed by atoms with Crippen molar-refractivity contribution in [3.05, 3.63) is 63.4 Å². The molecule has 104 valence electrons. The van der Waals surface area contributed by atoms with E-state index in [1.807, 2.05) is 6.07 Å². The molecule has 0 bridgehead atoms. The lowest BCUT2D eigenvalue weighted by atomic mass is 9.92. The van der Waals surface area contributed by atoms with E-state index in [1.165, 1.54) is 42.5 Å². The lowest BCUT2D eigenvalue weighted by Gasteiger charge is -2.17. The first kappa shape index (κ1) is 13.6. The Labute approximate surface area is 126 Å². The number of fused-ring (bicyclic) bond motifs is 1. The highest BCUT2D eigenvalue weighted by atomic mass is 79.9. The molecule has 1 aliphatic rings. The molecule has 0 N–H and O–H groups in total. The van der Waals surface area contributed by atoms with Gasteiger partial charge in [0.2, 0.25) is 0 Å². The molecule has 0 saturated heterocycles. The molecule has 0 saturated carbocycles. The molecule has 0 spiro atoms. The normalized spacial score (nSPS) is 13.9.